The Bertz CT molecular complexity index is 1320. The average molecular weight is 669 g/mol. The lowest BCUT2D eigenvalue weighted by atomic mass is 9.33. The van der Waals surface area contributed by atoms with Gasteiger partial charge in [0, 0.05) is 25.3 Å². The highest BCUT2D eigenvalue weighted by molar-refractivity contribution is 5.84. The van der Waals surface area contributed by atoms with Crippen LogP contribution >= 0.6 is 0 Å². The summed E-state index contributed by atoms with van der Waals surface area (Å²) in [6, 6.07) is 0. The maximum atomic E-state index is 14.3. The lowest BCUT2D eigenvalue weighted by Gasteiger charge is -2.71. The lowest BCUT2D eigenvalue weighted by Crippen LogP contribution is -2.65. The first-order valence-electron chi connectivity index (χ1n) is 19.0. The normalized spacial score (nSPS) is 39.3. The van der Waals surface area contributed by atoms with Gasteiger partial charge in [0.1, 0.15) is 12.6 Å². The van der Waals surface area contributed by atoms with Crippen molar-refractivity contribution in [3.05, 3.63) is 11.6 Å². The van der Waals surface area contributed by atoms with Crippen LogP contribution in [0, 0.1) is 50.2 Å². The standard InChI is InChI=1S/C40H64N2O6/c1-26(43)48-31-16-17-37(6)29(36(31,4)5)15-18-39(8)30(37)14-13-27-28-24-35(2,3)19-21-40(28,22-20-38(27,39)7)34(47)41-23-11-9-10-12-32(44)42-25-33(45)46/h13,28-31H,9-12,14-25H2,1-8H3,(H,41,47)(H,42,44)(H,45,46)/t28?,29?,30?,31-,37-,38+,39+,40-/m0/s1. The molecule has 4 fully saturated rings. The van der Waals surface area contributed by atoms with Crippen LogP contribution in [0.5, 0.6) is 0 Å². The number of hydrogen-bond acceptors (Lipinski definition) is 5. The number of amides is 2. The number of carbonyl (C=O) groups excluding carboxylic acids is 3. The molecule has 0 saturated heterocycles. The predicted octanol–water partition coefficient (Wildman–Crippen LogP) is 7.60. The lowest BCUT2D eigenvalue weighted by molar-refractivity contribution is -0.212. The average Bonchev–Trinajstić information content (AvgIpc) is 2.99. The van der Waals surface area contributed by atoms with E-state index in [4.69, 9.17) is 9.84 Å². The minimum Gasteiger partial charge on any atom is -0.480 e. The molecule has 270 valence electrons. The molecule has 3 unspecified atom stereocenters. The van der Waals surface area contributed by atoms with Crippen LogP contribution in [0.4, 0.5) is 0 Å². The van der Waals surface area contributed by atoms with Crippen molar-refractivity contribution in [2.75, 3.05) is 13.1 Å². The van der Waals surface area contributed by atoms with Crippen molar-refractivity contribution >= 4 is 23.8 Å². The molecule has 0 heterocycles. The van der Waals surface area contributed by atoms with Crippen molar-refractivity contribution in [1.29, 1.82) is 0 Å². The van der Waals surface area contributed by atoms with Gasteiger partial charge in [-0.2, -0.15) is 0 Å². The molecule has 8 atom stereocenters. The van der Waals surface area contributed by atoms with Crippen molar-refractivity contribution in [1.82, 2.24) is 10.6 Å². The van der Waals surface area contributed by atoms with Gasteiger partial charge in [-0.1, -0.05) is 66.5 Å². The highest BCUT2D eigenvalue weighted by Gasteiger charge is 2.69. The Labute approximate surface area is 289 Å². The number of rotatable bonds is 10. The third-order valence-corrected chi connectivity index (χ3v) is 15.1. The minimum atomic E-state index is -1.04. The van der Waals surface area contributed by atoms with Crippen LogP contribution in [0.1, 0.15) is 145 Å². The highest BCUT2D eigenvalue weighted by atomic mass is 16.5. The maximum Gasteiger partial charge on any atom is 0.322 e. The van der Waals surface area contributed by atoms with E-state index in [2.05, 4.69) is 65.2 Å². The maximum absolute atomic E-state index is 14.3. The first-order chi connectivity index (χ1) is 22.3. The number of unbranched alkanes of at least 4 members (excludes halogenated alkanes) is 2. The van der Waals surface area contributed by atoms with E-state index >= 15 is 0 Å². The number of ether oxygens (including phenoxy) is 1. The summed E-state index contributed by atoms with van der Waals surface area (Å²) < 4.78 is 5.93. The summed E-state index contributed by atoms with van der Waals surface area (Å²) in [5, 5.41) is 14.5. The number of fused-ring (bicyclic) bond motifs is 7. The zero-order valence-electron chi connectivity index (χ0n) is 31.2. The molecular weight excluding hydrogens is 604 g/mol. The second-order valence-electron chi connectivity index (χ2n) is 18.6. The van der Waals surface area contributed by atoms with E-state index in [-0.39, 0.29) is 68.8 Å². The van der Waals surface area contributed by atoms with Crippen LogP contribution in [-0.2, 0) is 23.9 Å². The van der Waals surface area contributed by atoms with Crippen molar-refractivity contribution in [3.63, 3.8) is 0 Å². The molecule has 2 amide bonds. The molecule has 3 N–H and O–H groups in total. The van der Waals surface area contributed by atoms with Crippen LogP contribution in [0.2, 0.25) is 0 Å². The van der Waals surface area contributed by atoms with Gasteiger partial charge in [-0.25, -0.2) is 0 Å². The van der Waals surface area contributed by atoms with Crippen LogP contribution in [0.15, 0.2) is 11.6 Å². The summed E-state index contributed by atoms with van der Waals surface area (Å²) in [5.41, 5.74) is 1.69. The summed E-state index contributed by atoms with van der Waals surface area (Å²) in [5.74, 6) is 0.0764. The number of hydrogen-bond donors (Lipinski definition) is 3. The second-order valence-corrected chi connectivity index (χ2v) is 18.6. The number of esters is 1. The quantitative estimate of drug-likeness (QED) is 0.125. The van der Waals surface area contributed by atoms with Gasteiger partial charge >= 0.3 is 11.9 Å². The molecule has 5 rings (SSSR count). The van der Waals surface area contributed by atoms with E-state index in [1.807, 2.05) is 0 Å². The molecule has 8 nitrogen and oxygen atoms in total. The Balaban J connectivity index is 1.33. The molecule has 0 aromatic carbocycles. The molecule has 0 aromatic rings. The number of allylic oxidation sites excluding steroid dienone is 2. The first-order valence-corrected chi connectivity index (χ1v) is 19.0. The van der Waals surface area contributed by atoms with E-state index in [0.717, 1.165) is 70.6 Å². The van der Waals surface area contributed by atoms with Crippen LogP contribution in [0.3, 0.4) is 0 Å². The summed E-state index contributed by atoms with van der Waals surface area (Å²) in [4.78, 5) is 48.9. The number of aliphatic carboxylic acids is 1. The Hall–Kier alpha value is -2.38. The number of carbonyl (C=O) groups is 4. The Morgan fingerprint density at radius 2 is 1.56 bits per heavy atom. The smallest absolute Gasteiger partial charge is 0.322 e. The van der Waals surface area contributed by atoms with Crippen molar-refractivity contribution in [3.8, 4) is 0 Å². The highest BCUT2D eigenvalue weighted by Crippen LogP contribution is 2.75. The Kier molecular flexibility index (Phi) is 10.0. The molecule has 5 aliphatic rings. The molecule has 0 aliphatic heterocycles. The van der Waals surface area contributed by atoms with E-state index < -0.39 is 5.97 Å². The van der Waals surface area contributed by atoms with E-state index in [1.54, 1.807) is 12.5 Å². The van der Waals surface area contributed by atoms with E-state index in [0.29, 0.717) is 31.2 Å². The fourth-order valence-electron chi connectivity index (χ4n) is 12.3. The van der Waals surface area contributed by atoms with Gasteiger partial charge in [0.05, 0.1) is 5.41 Å². The number of nitrogens with one attached hydrogen (secondary N) is 2. The number of carboxylic acid groups (broad SMARTS) is 1. The summed E-state index contributed by atoms with van der Waals surface area (Å²) in [7, 11) is 0. The monoisotopic (exact) mass is 668 g/mol. The molecule has 4 saturated carbocycles. The van der Waals surface area contributed by atoms with Gasteiger partial charge in [-0.3, -0.25) is 19.2 Å². The largest absolute Gasteiger partial charge is 0.480 e. The predicted molar refractivity (Wildman–Crippen MR) is 187 cm³/mol. The van der Waals surface area contributed by atoms with Crippen LogP contribution < -0.4 is 10.6 Å². The fourth-order valence-corrected chi connectivity index (χ4v) is 12.3. The Morgan fingerprint density at radius 3 is 2.25 bits per heavy atom. The van der Waals surface area contributed by atoms with E-state index in [9.17, 15) is 19.2 Å². The second kappa shape index (κ2) is 13.1. The molecule has 8 heteroatoms. The fraction of sp³-hybridized carbons (Fsp3) is 0.850. The first kappa shape index (κ1) is 36.9. The summed E-state index contributed by atoms with van der Waals surface area (Å²) in [6.45, 7) is 19.0. The van der Waals surface area contributed by atoms with E-state index in [1.165, 1.54) is 6.42 Å². The SMILES string of the molecule is CC(=O)O[C@H]1CC[C@@]2(C)C(CC[C@]3(C)C2CC=C2C4CC(C)(C)CC[C@]4(C(=O)NCCCCCC(=O)NCC(=O)O)CC[C@]23C)C1(C)C. The van der Waals surface area contributed by atoms with Gasteiger partial charge in [0.15, 0.2) is 0 Å². The van der Waals surface area contributed by atoms with Crippen LogP contribution in [0.25, 0.3) is 0 Å². The zero-order chi connectivity index (χ0) is 35.3. The molecule has 0 radical (unpaired) electrons. The van der Waals surface area contributed by atoms with Crippen LogP contribution in [-0.4, -0.2) is 48.1 Å². The zero-order valence-corrected chi connectivity index (χ0v) is 31.2. The third kappa shape index (κ3) is 6.25. The summed E-state index contributed by atoms with van der Waals surface area (Å²) in [6.07, 6.45) is 15.6. The topological polar surface area (TPSA) is 122 Å². The van der Waals surface area contributed by atoms with Gasteiger partial charge in [0.2, 0.25) is 11.8 Å². The molecule has 0 spiro atoms. The van der Waals surface area contributed by atoms with Crippen molar-refractivity contribution in [2.45, 2.75) is 151 Å². The van der Waals surface area contributed by atoms with Gasteiger partial charge in [0.25, 0.3) is 0 Å². The molecule has 48 heavy (non-hydrogen) atoms. The molecule has 0 bridgehead atoms. The molecule has 0 aromatic heterocycles. The van der Waals surface area contributed by atoms with Crippen molar-refractivity contribution < 1.29 is 29.0 Å². The third-order valence-electron chi connectivity index (χ3n) is 15.1. The van der Waals surface area contributed by atoms with Gasteiger partial charge in [-0.15, -0.1) is 0 Å². The molecular formula is C40H64N2O6. The van der Waals surface area contributed by atoms with Crippen molar-refractivity contribution in [2.24, 2.45) is 50.2 Å². The molecule has 5 aliphatic carbocycles. The van der Waals surface area contributed by atoms with Gasteiger partial charge in [-0.05, 0) is 116 Å². The van der Waals surface area contributed by atoms with Gasteiger partial charge < -0.3 is 20.5 Å². The Morgan fingerprint density at radius 1 is 0.854 bits per heavy atom. The minimum absolute atomic E-state index is 0.0238. The number of carboxylic acids is 1. The summed E-state index contributed by atoms with van der Waals surface area (Å²) >= 11 is 0.